The molecule has 2 heterocycles. The zero-order chi connectivity index (χ0) is 19.3. The van der Waals surface area contributed by atoms with Crippen molar-refractivity contribution < 1.29 is 14.6 Å². The Morgan fingerprint density at radius 1 is 1.29 bits per heavy atom. The number of ether oxygens (including phenoxy) is 1. The van der Waals surface area contributed by atoms with Gasteiger partial charge < -0.3 is 19.7 Å². The average molecular weight is 383 g/mol. The van der Waals surface area contributed by atoms with E-state index >= 15 is 0 Å². The van der Waals surface area contributed by atoms with E-state index in [1.165, 1.54) is 29.5 Å². The third kappa shape index (κ3) is 2.71. The molecule has 0 bridgehead atoms. The molecule has 0 radical (unpaired) electrons. The molecule has 1 aromatic carbocycles. The number of piperidine rings is 1. The minimum Gasteiger partial charge on any atom is -0.392 e. The van der Waals surface area contributed by atoms with Gasteiger partial charge in [0.25, 0.3) is 5.91 Å². The van der Waals surface area contributed by atoms with Gasteiger partial charge in [0, 0.05) is 53.7 Å². The minimum atomic E-state index is -0.289. The van der Waals surface area contributed by atoms with Crippen LogP contribution < -0.4 is 0 Å². The normalized spacial score (nSPS) is 26.3. The van der Waals surface area contributed by atoms with E-state index in [2.05, 4.69) is 11.1 Å². The second-order valence-corrected chi connectivity index (χ2v) is 8.77. The van der Waals surface area contributed by atoms with Crippen LogP contribution in [-0.4, -0.2) is 52.8 Å². The zero-order valence-corrected chi connectivity index (χ0v) is 16.7. The van der Waals surface area contributed by atoms with Crippen LogP contribution in [0.3, 0.4) is 0 Å². The second kappa shape index (κ2) is 6.89. The number of hydrogen-bond acceptors (Lipinski definition) is 3. The first kappa shape index (κ1) is 18.2. The first-order valence-corrected chi connectivity index (χ1v) is 10.8. The van der Waals surface area contributed by atoms with Crippen molar-refractivity contribution in [1.82, 2.24) is 9.88 Å². The molecule has 5 nitrogen and oxygen atoms in total. The Bertz CT molecular complexity index is 893. The summed E-state index contributed by atoms with van der Waals surface area (Å²) in [4.78, 5) is 18.6. The number of nitrogens with zero attached hydrogens (tertiary/aromatic N) is 1. The van der Waals surface area contributed by atoms with Gasteiger partial charge >= 0.3 is 0 Å². The number of aliphatic hydroxyl groups excluding tert-OH is 1. The van der Waals surface area contributed by atoms with E-state index in [1.54, 1.807) is 0 Å². The molecule has 1 aliphatic heterocycles. The van der Waals surface area contributed by atoms with Gasteiger partial charge in [0.2, 0.25) is 0 Å². The van der Waals surface area contributed by atoms with E-state index in [0.29, 0.717) is 19.7 Å². The van der Waals surface area contributed by atoms with Gasteiger partial charge in [0.1, 0.15) is 0 Å². The maximum atomic E-state index is 13.1. The van der Waals surface area contributed by atoms with Crippen molar-refractivity contribution in [1.29, 1.82) is 0 Å². The summed E-state index contributed by atoms with van der Waals surface area (Å²) in [6, 6.07) is 6.13. The Labute approximate surface area is 166 Å². The van der Waals surface area contributed by atoms with Crippen LogP contribution in [-0.2, 0) is 17.6 Å². The van der Waals surface area contributed by atoms with Crippen LogP contribution in [0.25, 0.3) is 10.9 Å². The van der Waals surface area contributed by atoms with Crippen LogP contribution in [0.2, 0.25) is 0 Å². The Morgan fingerprint density at radius 3 is 2.82 bits per heavy atom. The molecule has 2 N–H and O–H groups in total. The summed E-state index contributed by atoms with van der Waals surface area (Å²) in [6.45, 7) is 4.07. The fourth-order valence-corrected chi connectivity index (χ4v) is 5.67. The van der Waals surface area contributed by atoms with Crippen molar-refractivity contribution in [3.8, 4) is 0 Å². The molecule has 2 atom stereocenters. The number of likely N-dealkylation sites (tertiary alicyclic amines) is 1. The largest absolute Gasteiger partial charge is 0.392 e. The number of carbonyl (C=O) groups excluding carboxylic acids is 1. The maximum Gasteiger partial charge on any atom is 0.253 e. The van der Waals surface area contributed by atoms with Gasteiger partial charge in [-0.1, -0.05) is 6.07 Å². The molecule has 1 saturated heterocycles. The Morgan fingerprint density at radius 2 is 2.07 bits per heavy atom. The highest BCUT2D eigenvalue weighted by Gasteiger charge is 2.56. The Balaban J connectivity index is 1.32. The molecule has 1 aromatic heterocycles. The summed E-state index contributed by atoms with van der Waals surface area (Å²) in [5, 5.41) is 11.7. The summed E-state index contributed by atoms with van der Waals surface area (Å²) in [5.41, 5.74) is 4.51. The predicted molar refractivity (Wildman–Crippen MR) is 109 cm³/mol. The first-order chi connectivity index (χ1) is 13.6. The topological polar surface area (TPSA) is 65.6 Å². The highest BCUT2D eigenvalue weighted by molar-refractivity contribution is 5.99. The summed E-state index contributed by atoms with van der Waals surface area (Å²) in [5.74, 6) is 0.103. The molecule has 150 valence electrons. The maximum absolute atomic E-state index is 13.1. The number of benzene rings is 1. The number of fused-ring (bicyclic) bond motifs is 3. The molecule has 2 aromatic rings. The van der Waals surface area contributed by atoms with E-state index in [-0.39, 0.29) is 23.5 Å². The van der Waals surface area contributed by atoms with E-state index in [0.717, 1.165) is 43.2 Å². The zero-order valence-electron chi connectivity index (χ0n) is 16.7. The van der Waals surface area contributed by atoms with Gasteiger partial charge in [-0.3, -0.25) is 4.79 Å². The summed E-state index contributed by atoms with van der Waals surface area (Å²) in [6.07, 6.45) is 6.99. The standard InChI is InChI=1S/C23H30N2O3/c1-2-28-21-14-20(26)23(21)9-11-25(12-10-23)22(27)15-7-8-17-16-5-3-4-6-18(16)24-19(17)13-15/h7-8,13,20-21,24,26H,2-6,9-12,14H2,1H3/t20-,21+/m1/s1. The van der Waals surface area contributed by atoms with E-state index in [9.17, 15) is 9.90 Å². The minimum absolute atomic E-state index is 0.103. The van der Waals surface area contributed by atoms with Gasteiger partial charge in [-0.25, -0.2) is 0 Å². The molecule has 1 saturated carbocycles. The van der Waals surface area contributed by atoms with Gasteiger partial charge in [0.15, 0.2) is 0 Å². The quantitative estimate of drug-likeness (QED) is 0.855. The third-order valence-corrected chi connectivity index (χ3v) is 7.44. The van der Waals surface area contributed by atoms with Gasteiger partial charge in [0.05, 0.1) is 12.2 Å². The van der Waals surface area contributed by atoms with E-state index in [4.69, 9.17) is 4.74 Å². The Kier molecular flexibility index (Phi) is 4.48. The fourth-order valence-electron chi connectivity index (χ4n) is 5.67. The van der Waals surface area contributed by atoms with Crippen molar-refractivity contribution in [2.45, 2.75) is 64.1 Å². The average Bonchev–Trinajstić information content (AvgIpc) is 3.11. The van der Waals surface area contributed by atoms with E-state index < -0.39 is 0 Å². The summed E-state index contributed by atoms with van der Waals surface area (Å²) >= 11 is 0. The Hall–Kier alpha value is -1.85. The first-order valence-electron chi connectivity index (χ1n) is 10.8. The fraction of sp³-hybridized carbons (Fsp3) is 0.609. The van der Waals surface area contributed by atoms with Crippen molar-refractivity contribution in [2.24, 2.45) is 5.41 Å². The number of hydrogen-bond donors (Lipinski definition) is 2. The smallest absolute Gasteiger partial charge is 0.253 e. The molecule has 28 heavy (non-hydrogen) atoms. The van der Waals surface area contributed by atoms with Crippen molar-refractivity contribution in [2.75, 3.05) is 19.7 Å². The molecule has 3 aliphatic rings. The summed E-state index contributed by atoms with van der Waals surface area (Å²) < 4.78 is 5.84. The number of nitrogens with one attached hydrogen (secondary N) is 1. The number of carbonyl (C=O) groups is 1. The monoisotopic (exact) mass is 382 g/mol. The number of aliphatic hydroxyl groups is 1. The molecule has 0 unspecified atom stereocenters. The highest BCUT2D eigenvalue weighted by atomic mass is 16.5. The number of rotatable bonds is 3. The van der Waals surface area contributed by atoms with Crippen LogP contribution >= 0.6 is 0 Å². The number of amides is 1. The van der Waals surface area contributed by atoms with Gasteiger partial charge in [-0.2, -0.15) is 0 Å². The van der Waals surface area contributed by atoms with Crippen LogP contribution in [0.1, 0.15) is 60.6 Å². The van der Waals surface area contributed by atoms with Gasteiger partial charge in [-0.15, -0.1) is 0 Å². The molecule has 1 spiro atoms. The lowest BCUT2D eigenvalue weighted by Crippen LogP contribution is -2.62. The molecular weight excluding hydrogens is 352 g/mol. The van der Waals surface area contributed by atoms with Crippen molar-refractivity contribution in [3.63, 3.8) is 0 Å². The number of aromatic amines is 1. The van der Waals surface area contributed by atoms with Gasteiger partial charge in [-0.05, 0) is 63.1 Å². The lowest BCUT2D eigenvalue weighted by molar-refractivity contribution is -0.207. The van der Waals surface area contributed by atoms with Crippen LogP contribution in [0, 0.1) is 5.41 Å². The molecule has 1 amide bonds. The summed E-state index contributed by atoms with van der Waals surface area (Å²) in [7, 11) is 0. The molecule has 2 aliphatic carbocycles. The predicted octanol–water partition coefficient (Wildman–Crippen LogP) is 3.44. The molecule has 5 rings (SSSR count). The second-order valence-electron chi connectivity index (χ2n) is 8.77. The lowest BCUT2D eigenvalue weighted by atomic mass is 9.58. The highest BCUT2D eigenvalue weighted by Crippen LogP contribution is 2.51. The third-order valence-electron chi connectivity index (χ3n) is 7.44. The van der Waals surface area contributed by atoms with Crippen molar-refractivity contribution in [3.05, 3.63) is 35.0 Å². The van der Waals surface area contributed by atoms with Crippen LogP contribution in [0.4, 0.5) is 0 Å². The number of aromatic nitrogens is 1. The number of H-pyrrole nitrogens is 1. The van der Waals surface area contributed by atoms with Crippen molar-refractivity contribution >= 4 is 16.8 Å². The lowest BCUT2D eigenvalue weighted by Gasteiger charge is -2.56. The molecule has 5 heteroatoms. The van der Waals surface area contributed by atoms with E-state index in [1.807, 2.05) is 24.0 Å². The number of aryl methyl sites for hydroxylation is 2. The van der Waals surface area contributed by atoms with Crippen LogP contribution in [0.15, 0.2) is 18.2 Å². The van der Waals surface area contributed by atoms with Crippen LogP contribution in [0.5, 0.6) is 0 Å². The molecular formula is C23H30N2O3. The molecule has 2 fully saturated rings. The SMILES string of the molecule is CCO[C@H]1C[C@@H](O)C12CCN(C(=O)c1ccc3c4c([nH]c3c1)CCCC4)CC2.